The minimum absolute atomic E-state index is 0.237. The van der Waals surface area contributed by atoms with Gasteiger partial charge in [-0.3, -0.25) is 0 Å². The highest BCUT2D eigenvalue weighted by Gasteiger charge is 2.09. The van der Waals surface area contributed by atoms with E-state index in [0.29, 0.717) is 11.4 Å². The van der Waals surface area contributed by atoms with Crippen LogP contribution in [0.5, 0.6) is 5.75 Å². The van der Waals surface area contributed by atoms with Crippen LogP contribution in [-0.2, 0) is 9.37 Å². The van der Waals surface area contributed by atoms with Crippen LogP contribution in [0.15, 0.2) is 69.7 Å². The van der Waals surface area contributed by atoms with E-state index in [0.717, 1.165) is 27.7 Å². The highest BCUT2D eigenvalue weighted by atomic mass is 32.2. The SMILES string of the molecule is O=C(O)c1cc(/N=N/c2ccc3cc(SOOO)ccc3c2)ccc1O. The zero-order valence-corrected chi connectivity index (χ0v) is 13.9. The Labute approximate surface area is 151 Å². The first-order chi connectivity index (χ1) is 12.6. The van der Waals surface area contributed by atoms with Crippen molar-refractivity contribution in [2.24, 2.45) is 10.2 Å². The lowest BCUT2D eigenvalue weighted by molar-refractivity contribution is -0.432. The Kier molecular flexibility index (Phi) is 5.44. The van der Waals surface area contributed by atoms with E-state index in [9.17, 15) is 9.90 Å². The van der Waals surface area contributed by atoms with Gasteiger partial charge in [0.05, 0.1) is 23.4 Å². The number of rotatable bonds is 6. The van der Waals surface area contributed by atoms with E-state index < -0.39 is 5.97 Å². The molecule has 26 heavy (non-hydrogen) atoms. The lowest BCUT2D eigenvalue weighted by Gasteiger charge is -2.03. The fraction of sp³-hybridized carbons (Fsp3) is 0. The van der Waals surface area contributed by atoms with Gasteiger partial charge in [0.25, 0.3) is 0 Å². The molecule has 0 saturated carbocycles. The largest absolute Gasteiger partial charge is 0.507 e. The number of carbonyl (C=O) groups is 1. The predicted octanol–water partition coefficient (Wildman–Crippen LogP) is 5.09. The number of nitrogens with zero attached hydrogens (tertiary/aromatic N) is 2. The van der Waals surface area contributed by atoms with Gasteiger partial charge >= 0.3 is 5.97 Å². The molecule has 8 nitrogen and oxygen atoms in total. The summed E-state index contributed by atoms with van der Waals surface area (Å²) in [7, 11) is 0. The molecule has 3 aromatic carbocycles. The summed E-state index contributed by atoms with van der Waals surface area (Å²) in [5.41, 5.74) is 0.657. The third-order valence-electron chi connectivity index (χ3n) is 3.45. The monoisotopic (exact) mass is 372 g/mol. The molecule has 0 aliphatic rings. The summed E-state index contributed by atoms with van der Waals surface area (Å²) < 4.78 is 4.39. The zero-order valence-electron chi connectivity index (χ0n) is 13.1. The molecule has 3 aromatic rings. The van der Waals surface area contributed by atoms with Gasteiger partial charge in [0, 0.05) is 4.90 Å². The van der Waals surface area contributed by atoms with E-state index in [-0.39, 0.29) is 11.3 Å². The second kappa shape index (κ2) is 7.93. The van der Waals surface area contributed by atoms with Gasteiger partial charge in [0.2, 0.25) is 0 Å². The first-order valence-electron chi connectivity index (χ1n) is 7.23. The van der Waals surface area contributed by atoms with Crippen molar-refractivity contribution in [3.8, 4) is 5.75 Å². The van der Waals surface area contributed by atoms with Crippen LogP contribution >= 0.6 is 12.0 Å². The number of aromatic hydroxyl groups is 1. The van der Waals surface area contributed by atoms with Crippen LogP contribution in [-0.4, -0.2) is 21.4 Å². The van der Waals surface area contributed by atoms with E-state index in [2.05, 4.69) is 19.6 Å². The molecular formula is C17H12N2O6S. The molecule has 0 aromatic heterocycles. The Morgan fingerprint density at radius 1 is 0.923 bits per heavy atom. The molecule has 0 heterocycles. The normalized spacial score (nSPS) is 11.3. The lowest BCUT2D eigenvalue weighted by Crippen LogP contribution is -1.95. The van der Waals surface area contributed by atoms with Gasteiger partial charge in [-0.05, 0) is 53.2 Å². The quantitative estimate of drug-likeness (QED) is 0.238. The van der Waals surface area contributed by atoms with E-state index in [1.54, 1.807) is 12.1 Å². The standard InChI is InChI=1S/C17H12N2O6S/c20-16-6-4-13(9-15(16)17(21)22)19-18-12-3-1-11-8-14(26-25-24-23)5-2-10(11)7-12/h1-9,20,23H,(H,21,22)/b19-18+. The maximum absolute atomic E-state index is 11.0. The minimum Gasteiger partial charge on any atom is -0.507 e. The number of fused-ring (bicyclic) bond motifs is 1. The topological polar surface area (TPSA) is 121 Å². The molecule has 3 N–H and O–H groups in total. The van der Waals surface area contributed by atoms with E-state index in [1.165, 1.54) is 18.2 Å². The maximum atomic E-state index is 11.0. The Morgan fingerprint density at radius 3 is 2.31 bits per heavy atom. The number of hydrogen-bond acceptors (Lipinski definition) is 8. The molecule has 0 atom stereocenters. The molecule has 0 saturated heterocycles. The van der Waals surface area contributed by atoms with Crippen LogP contribution < -0.4 is 0 Å². The number of hydrogen-bond donors (Lipinski definition) is 3. The van der Waals surface area contributed by atoms with Crippen molar-refractivity contribution < 1.29 is 29.6 Å². The third kappa shape index (κ3) is 4.16. The zero-order chi connectivity index (χ0) is 18.5. The summed E-state index contributed by atoms with van der Waals surface area (Å²) in [5, 5.41) is 40.2. The van der Waals surface area contributed by atoms with Crippen LogP contribution in [0.3, 0.4) is 0 Å². The number of azo groups is 1. The molecule has 0 radical (unpaired) electrons. The molecule has 3 rings (SSSR count). The van der Waals surface area contributed by atoms with E-state index in [4.69, 9.17) is 10.4 Å². The van der Waals surface area contributed by atoms with Crippen LogP contribution in [0.2, 0.25) is 0 Å². The van der Waals surface area contributed by atoms with Crippen molar-refractivity contribution >= 4 is 40.2 Å². The molecule has 132 valence electrons. The first kappa shape index (κ1) is 17.8. The summed E-state index contributed by atoms with van der Waals surface area (Å²) in [6.07, 6.45) is 0. The van der Waals surface area contributed by atoms with Crippen LogP contribution in [0.1, 0.15) is 10.4 Å². The van der Waals surface area contributed by atoms with Crippen molar-refractivity contribution in [1.82, 2.24) is 0 Å². The second-order valence-corrected chi connectivity index (χ2v) is 5.90. The maximum Gasteiger partial charge on any atom is 0.339 e. The highest BCUT2D eigenvalue weighted by Crippen LogP contribution is 2.29. The summed E-state index contributed by atoms with van der Waals surface area (Å²) in [6.45, 7) is 0. The van der Waals surface area contributed by atoms with Crippen molar-refractivity contribution in [3.63, 3.8) is 0 Å². The minimum atomic E-state index is -1.24. The van der Waals surface area contributed by atoms with Crippen LogP contribution in [0.4, 0.5) is 11.4 Å². The molecule has 0 unspecified atom stereocenters. The Hall–Kier alpha value is -2.98. The molecule has 0 spiro atoms. The van der Waals surface area contributed by atoms with E-state index >= 15 is 0 Å². The molecule has 0 fully saturated rings. The van der Waals surface area contributed by atoms with Crippen molar-refractivity contribution in [2.45, 2.75) is 4.90 Å². The molecule has 0 amide bonds. The van der Waals surface area contributed by atoms with Crippen molar-refractivity contribution in [1.29, 1.82) is 0 Å². The summed E-state index contributed by atoms with van der Waals surface area (Å²) >= 11 is 0.869. The first-order valence-corrected chi connectivity index (χ1v) is 7.97. The van der Waals surface area contributed by atoms with Gasteiger partial charge in [-0.25, -0.2) is 10.1 Å². The average Bonchev–Trinajstić information content (AvgIpc) is 2.65. The molecule has 9 heteroatoms. The van der Waals surface area contributed by atoms with E-state index in [1.807, 2.05) is 24.3 Å². The summed E-state index contributed by atoms with van der Waals surface area (Å²) in [4.78, 5) is 11.8. The Morgan fingerprint density at radius 2 is 1.58 bits per heavy atom. The third-order valence-corrected chi connectivity index (χ3v) is 4.02. The van der Waals surface area contributed by atoms with Gasteiger partial charge in [-0.1, -0.05) is 17.2 Å². The van der Waals surface area contributed by atoms with Crippen LogP contribution in [0.25, 0.3) is 10.8 Å². The highest BCUT2D eigenvalue weighted by molar-refractivity contribution is 7.94. The molecular weight excluding hydrogens is 360 g/mol. The number of aromatic carboxylic acids is 1. The summed E-state index contributed by atoms with van der Waals surface area (Å²) in [5.74, 6) is -1.57. The molecule has 0 bridgehead atoms. The number of benzene rings is 3. The summed E-state index contributed by atoms with van der Waals surface area (Å²) in [6, 6.07) is 14.9. The Bertz CT molecular complexity index is 992. The van der Waals surface area contributed by atoms with Gasteiger partial charge in [-0.15, -0.1) is 4.33 Å². The molecule has 0 aliphatic carbocycles. The number of carboxylic acids is 1. The predicted molar refractivity (Wildman–Crippen MR) is 93.8 cm³/mol. The van der Waals surface area contributed by atoms with Crippen molar-refractivity contribution in [3.05, 3.63) is 60.2 Å². The number of carboxylic acid groups (broad SMARTS) is 1. The van der Waals surface area contributed by atoms with Gasteiger partial charge < -0.3 is 10.2 Å². The van der Waals surface area contributed by atoms with Gasteiger partial charge in [0.1, 0.15) is 11.3 Å². The van der Waals surface area contributed by atoms with Crippen LogP contribution in [0, 0.1) is 0 Å². The number of phenols is 1. The van der Waals surface area contributed by atoms with Gasteiger partial charge in [-0.2, -0.15) is 10.2 Å². The molecule has 0 aliphatic heterocycles. The second-order valence-electron chi connectivity index (χ2n) is 5.13. The Balaban J connectivity index is 1.83. The average molecular weight is 372 g/mol. The lowest BCUT2D eigenvalue weighted by atomic mass is 10.1. The van der Waals surface area contributed by atoms with Gasteiger partial charge in [0.15, 0.2) is 0 Å². The van der Waals surface area contributed by atoms with Crippen molar-refractivity contribution in [2.75, 3.05) is 0 Å². The fourth-order valence-electron chi connectivity index (χ4n) is 2.25. The fourth-order valence-corrected chi connectivity index (χ4v) is 2.66. The smallest absolute Gasteiger partial charge is 0.339 e.